The van der Waals surface area contributed by atoms with Crippen molar-refractivity contribution < 1.29 is 0 Å². The number of fused-ring (bicyclic) bond motifs is 1. The van der Waals surface area contributed by atoms with E-state index in [2.05, 4.69) is 47.9 Å². The van der Waals surface area contributed by atoms with E-state index < -0.39 is 0 Å². The van der Waals surface area contributed by atoms with Gasteiger partial charge in [-0.15, -0.1) is 11.3 Å². The molecule has 0 bridgehead atoms. The molecule has 0 spiro atoms. The summed E-state index contributed by atoms with van der Waals surface area (Å²) in [6, 6.07) is 16.8. The number of nitrogens with one attached hydrogen (secondary N) is 1. The number of aryl methyl sites for hydroxylation is 1. The number of rotatable bonds is 4. The monoisotopic (exact) mass is 316 g/mol. The first-order chi connectivity index (χ1) is 10.2. The topological polar surface area (TPSA) is 38.0 Å². The van der Waals surface area contributed by atoms with Gasteiger partial charge in [-0.05, 0) is 48.1 Å². The maximum Gasteiger partial charge on any atom is 0.0594 e. The van der Waals surface area contributed by atoms with E-state index in [1.807, 2.05) is 13.0 Å². The van der Waals surface area contributed by atoms with E-state index in [1.54, 1.807) is 11.3 Å². The molecule has 0 amide bonds. The van der Waals surface area contributed by atoms with Crippen molar-refractivity contribution in [3.05, 3.63) is 69.6 Å². The Morgan fingerprint density at radius 1 is 1.19 bits per heavy atom. The van der Waals surface area contributed by atoms with Crippen molar-refractivity contribution in [2.45, 2.75) is 19.4 Å². The molecular weight excluding hydrogens is 300 g/mol. The fraction of sp³-hybridized carbons (Fsp3) is 0.176. The third kappa shape index (κ3) is 3.11. The highest BCUT2D eigenvalue weighted by molar-refractivity contribution is 7.19. The second-order valence-electron chi connectivity index (χ2n) is 5.20. The van der Waals surface area contributed by atoms with Crippen molar-refractivity contribution in [3.8, 4) is 0 Å². The van der Waals surface area contributed by atoms with Gasteiger partial charge in [0.2, 0.25) is 0 Å². The Kier molecular flexibility index (Phi) is 4.27. The van der Waals surface area contributed by atoms with Crippen LogP contribution in [-0.4, -0.2) is 0 Å². The summed E-state index contributed by atoms with van der Waals surface area (Å²) in [5.41, 5.74) is 5.20. The second-order valence-corrected chi connectivity index (χ2v) is 6.73. The minimum absolute atomic E-state index is 0.0719. The number of hydrazine groups is 1. The molecule has 2 nitrogen and oxygen atoms in total. The average molecular weight is 317 g/mol. The summed E-state index contributed by atoms with van der Waals surface area (Å²) in [5, 5.41) is 2.06. The fourth-order valence-corrected chi connectivity index (χ4v) is 3.89. The van der Waals surface area contributed by atoms with Crippen molar-refractivity contribution in [2.24, 2.45) is 5.84 Å². The van der Waals surface area contributed by atoms with Crippen molar-refractivity contribution in [3.63, 3.8) is 0 Å². The van der Waals surface area contributed by atoms with Crippen LogP contribution in [0.5, 0.6) is 0 Å². The summed E-state index contributed by atoms with van der Waals surface area (Å²) >= 11 is 8.10. The maximum atomic E-state index is 6.33. The molecule has 0 aliphatic carbocycles. The first-order valence-corrected chi connectivity index (χ1v) is 8.06. The number of nitrogens with two attached hydrogens (primary N) is 1. The van der Waals surface area contributed by atoms with E-state index in [0.717, 1.165) is 17.0 Å². The standard InChI is InChI=1S/C17H17ClN2S/c1-11-6-7-12(14(18)8-11)9-15(20-19)17-10-13-4-2-3-5-16(13)21-17/h2-8,10,15,20H,9,19H2,1H3. The van der Waals surface area contributed by atoms with Crippen LogP contribution in [-0.2, 0) is 6.42 Å². The Morgan fingerprint density at radius 2 is 2.00 bits per heavy atom. The van der Waals surface area contributed by atoms with Crippen molar-refractivity contribution in [2.75, 3.05) is 0 Å². The molecule has 0 fully saturated rings. The zero-order valence-corrected chi connectivity index (χ0v) is 13.3. The SMILES string of the molecule is Cc1ccc(CC(NN)c2cc3ccccc3s2)c(Cl)c1. The number of halogens is 1. The lowest BCUT2D eigenvalue weighted by molar-refractivity contribution is 0.561. The molecular formula is C17H17ClN2S. The highest BCUT2D eigenvalue weighted by atomic mass is 35.5. The lowest BCUT2D eigenvalue weighted by Gasteiger charge is -2.15. The lowest BCUT2D eigenvalue weighted by atomic mass is 10.0. The Balaban J connectivity index is 1.90. The van der Waals surface area contributed by atoms with E-state index >= 15 is 0 Å². The summed E-state index contributed by atoms with van der Waals surface area (Å²) in [6.07, 6.45) is 0.780. The molecule has 0 aliphatic heterocycles. The molecule has 1 aromatic heterocycles. The molecule has 1 unspecified atom stereocenters. The Morgan fingerprint density at radius 3 is 2.71 bits per heavy atom. The molecule has 3 aromatic rings. The normalized spacial score (nSPS) is 12.7. The van der Waals surface area contributed by atoms with Gasteiger partial charge < -0.3 is 0 Å². The van der Waals surface area contributed by atoms with Gasteiger partial charge in [-0.2, -0.15) is 0 Å². The molecule has 4 heteroatoms. The summed E-state index contributed by atoms with van der Waals surface area (Å²) in [4.78, 5) is 1.23. The predicted octanol–water partition coefficient (Wildman–Crippen LogP) is 4.61. The van der Waals surface area contributed by atoms with Crippen LogP contribution in [0.3, 0.4) is 0 Å². The minimum atomic E-state index is 0.0719. The van der Waals surface area contributed by atoms with Crippen molar-refractivity contribution in [1.29, 1.82) is 0 Å². The number of benzene rings is 2. The molecule has 2 aromatic carbocycles. The Hall–Kier alpha value is -1.39. The zero-order chi connectivity index (χ0) is 14.8. The maximum absolute atomic E-state index is 6.33. The molecule has 108 valence electrons. The van der Waals surface area contributed by atoms with Crippen LogP contribution in [0.15, 0.2) is 48.5 Å². The molecule has 0 aliphatic rings. The van der Waals surface area contributed by atoms with Crippen molar-refractivity contribution in [1.82, 2.24) is 5.43 Å². The van der Waals surface area contributed by atoms with E-state index in [9.17, 15) is 0 Å². The van der Waals surface area contributed by atoms with Crippen LogP contribution in [0.25, 0.3) is 10.1 Å². The third-order valence-corrected chi connectivity index (χ3v) is 5.20. The third-order valence-electron chi connectivity index (χ3n) is 3.62. The zero-order valence-electron chi connectivity index (χ0n) is 11.8. The second kappa shape index (κ2) is 6.16. The molecule has 1 heterocycles. The first-order valence-electron chi connectivity index (χ1n) is 6.87. The largest absolute Gasteiger partial charge is 0.271 e. The average Bonchev–Trinajstić information content (AvgIpc) is 2.90. The quantitative estimate of drug-likeness (QED) is 0.545. The van der Waals surface area contributed by atoms with Gasteiger partial charge in [-0.1, -0.05) is 41.9 Å². The van der Waals surface area contributed by atoms with Crippen molar-refractivity contribution >= 4 is 33.0 Å². The molecule has 0 saturated carbocycles. The van der Waals surface area contributed by atoms with Gasteiger partial charge >= 0.3 is 0 Å². The highest BCUT2D eigenvalue weighted by Crippen LogP contribution is 2.32. The summed E-state index contributed by atoms with van der Waals surface area (Å²) < 4.78 is 1.28. The van der Waals surface area contributed by atoms with Gasteiger partial charge in [0.25, 0.3) is 0 Å². The molecule has 3 rings (SSSR count). The van der Waals surface area contributed by atoms with Crippen LogP contribution >= 0.6 is 22.9 Å². The molecule has 0 saturated heterocycles. The van der Waals surface area contributed by atoms with Crippen LogP contribution < -0.4 is 11.3 Å². The first kappa shape index (κ1) is 14.5. The fourth-order valence-electron chi connectivity index (χ4n) is 2.45. The van der Waals surface area contributed by atoms with Gasteiger partial charge in [0, 0.05) is 14.6 Å². The van der Waals surface area contributed by atoms with Crippen LogP contribution in [0.4, 0.5) is 0 Å². The number of hydrogen-bond acceptors (Lipinski definition) is 3. The Labute approximate surface area is 133 Å². The van der Waals surface area contributed by atoms with E-state index in [1.165, 1.54) is 20.5 Å². The predicted molar refractivity (Wildman–Crippen MR) is 91.8 cm³/mol. The summed E-state index contributed by atoms with van der Waals surface area (Å²) in [5.74, 6) is 5.77. The van der Waals surface area contributed by atoms with E-state index in [0.29, 0.717) is 0 Å². The van der Waals surface area contributed by atoms with Crippen LogP contribution in [0.1, 0.15) is 22.0 Å². The molecule has 0 radical (unpaired) electrons. The minimum Gasteiger partial charge on any atom is -0.271 e. The van der Waals surface area contributed by atoms with E-state index in [-0.39, 0.29) is 6.04 Å². The lowest BCUT2D eigenvalue weighted by Crippen LogP contribution is -2.29. The number of thiophene rings is 1. The van der Waals surface area contributed by atoms with Crippen LogP contribution in [0, 0.1) is 6.92 Å². The Bertz CT molecular complexity index is 733. The summed E-state index contributed by atoms with van der Waals surface area (Å²) in [7, 11) is 0. The number of hydrogen-bond donors (Lipinski definition) is 2. The molecule has 3 N–H and O–H groups in total. The van der Waals surface area contributed by atoms with Gasteiger partial charge in [0.1, 0.15) is 0 Å². The summed E-state index contributed by atoms with van der Waals surface area (Å²) in [6.45, 7) is 2.04. The van der Waals surface area contributed by atoms with Gasteiger partial charge in [0.15, 0.2) is 0 Å². The van der Waals surface area contributed by atoms with Gasteiger partial charge in [0.05, 0.1) is 6.04 Å². The molecule has 21 heavy (non-hydrogen) atoms. The van der Waals surface area contributed by atoms with E-state index in [4.69, 9.17) is 17.4 Å². The molecule has 1 atom stereocenters. The van der Waals surface area contributed by atoms with Gasteiger partial charge in [-0.3, -0.25) is 11.3 Å². The highest BCUT2D eigenvalue weighted by Gasteiger charge is 2.15. The van der Waals surface area contributed by atoms with Gasteiger partial charge in [-0.25, -0.2) is 0 Å². The smallest absolute Gasteiger partial charge is 0.0594 e. The van der Waals surface area contributed by atoms with Crippen LogP contribution in [0.2, 0.25) is 5.02 Å².